The Morgan fingerprint density at radius 2 is 1.64 bits per heavy atom. The number of carbonyl (C=O) groups is 2. The van der Waals surface area contributed by atoms with E-state index in [1.807, 2.05) is 35.2 Å². The average Bonchev–Trinajstić information content (AvgIpc) is 2.88. The SMILES string of the molecule is C=CCN1C(=O)C(c2ccccc2)=C(N(CCOC)CCOC)C1=O. The molecule has 0 spiro atoms. The number of rotatable bonds is 10. The molecule has 0 aliphatic carbocycles. The first-order valence-corrected chi connectivity index (χ1v) is 8.15. The smallest absolute Gasteiger partial charge is 0.278 e. The van der Waals surface area contributed by atoms with Crippen LogP contribution in [0.2, 0.25) is 0 Å². The lowest BCUT2D eigenvalue weighted by Gasteiger charge is -2.25. The minimum Gasteiger partial charge on any atom is -0.383 e. The first kappa shape index (κ1) is 18.9. The summed E-state index contributed by atoms with van der Waals surface area (Å²) in [5.74, 6) is -0.609. The van der Waals surface area contributed by atoms with Gasteiger partial charge in [-0.2, -0.15) is 0 Å². The lowest BCUT2D eigenvalue weighted by molar-refractivity contribution is -0.137. The zero-order valence-electron chi connectivity index (χ0n) is 14.7. The molecule has 0 unspecified atom stereocenters. The van der Waals surface area contributed by atoms with E-state index in [0.717, 1.165) is 5.56 Å². The second-order valence-electron chi connectivity index (χ2n) is 5.57. The van der Waals surface area contributed by atoms with Gasteiger partial charge in [0, 0.05) is 33.9 Å². The van der Waals surface area contributed by atoms with E-state index >= 15 is 0 Å². The van der Waals surface area contributed by atoms with E-state index in [1.165, 1.54) is 4.90 Å². The van der Waals surface area contributed by atoms with Gasteiger partial charge in [-0.25, -0.2) is 0 Å². The van der Waals surface area contributed by atoms with Gasteiger partial charge in [0.2, 0.25) is 0 Å². The fourth-order valence-corrected chi connectivity index (χ4v) is 2.75. The van der Waals surface area contributed by atoms with E-state index in [2.05, 4.69) is 6.58 Å². The van der Waals surface area contributed by atoms with Gasteiger partial charge in [-0.05, 0) is 5.56 Å². The van der Waals surface area contributed by atoms with Crippen LogP contribution in [0.15, 0.2) is 48.7 Å². The maximum Gasteiger partial charge on any atom is 0.278 e. The maximum atomic E-state index is 12.9. The summed E-state index contributed by atoms with van der Waals surface area (Å²) in [6.07, 6.45) is 1.55. The molecule has 25 heavy (non-hydrogen) atoms. The summed E-state index contributed by atoms with van der Waals surface area (Å²) < 4.78 is 10.3. The topological polar surface area (TPSA) is 59.1 Å². The molecule has 1 heterocycles. The molecule has 0 fully saturated rings. The highest BCUT2D eigenvalue weighted by molar-refractivity contribution is 6.35. The van der Waals surface area contributed by atoms with Gasteiger partial charge in [-0.3, -0.25) is 14.5 Å². The van der Waals surface area contributed by atoms with E-state index in [-0.39, 0.29) is 18.4 Å². The van der Waals surface area contributed by atoms with Gasteiger partial charge in [0.1, 0.15) is 5.70 Å². The van der Waals surface area contributed by atoms with E-state index in [9.17, 15) is 9.59 Å². The van der Waals surface area contributed by atoms with Crippen LogP contribution in [0, 0.1) is 0 Å². The van der Waals surface area contributed by atoms with Crippen molar-refractivity contribution in [2.75, 3.05) is 47.1 Å². The minimum atomic E-state index is -0.309. The van der Waals surface area contributed by atoms with E-state index in [0.29, 0.717) is 37.6 Å². The number of carbonyl (C=O) groups excluding carboxylic acids is 2. The Hall–Kier alpha value is -2.44. The highest BCUT2D eigenvalue weighted by atomic mass is 16.5. The fraction of sp³-hybridized carbons (Fsp3) is 0.368. The maximum absolute atomic E-state index is 12.9. The summed E-state index contributed by atoms with van der Waals surface area (Å²) in [6.45, 7) is 5.69. The van der Waals surface area contributed by atoms with Crippen molar-refractivity contribution >= 4 is 17.4 Å². The monoisotopic (exact) mass is 344 g/mol. The molecule has 6 nitrogen and oxygen atoms in total. The van der Waals surface area contributed by atoms with Gasteiger partial charge < -0.3 is 14.4 Å². The normalized spacial score (nSPS) is 14.4. The molecule has 0 atom stereocenters. The predicted octanol–water partition coefficient (Wildman–Crippen LogP) is 1.55. The zero-order chi connectivity index (χ0) is 18.2. The van der Waals surface area contributed by atoms with Crippen molar-refractivity contribution in [3.8, 4) is 0 Å². The average molecular weight is 344 g/mol. The third-order valence-corrected chi connectivity index (χ3v) is 3.96. The summed E-state index contributed by atoms with van der Waals surface area (Å²) in [5, 5.41) is 0. The summed E-state index contributed by atoms with van der Waals surface area (Å²) in [4.78, 5) is 28.9. The van der Waals surface area contributed by atoms with E-state index in [1.54, 1.807) is 20.3 Å². The van der Waals surface area contributed by atoms with E-state index in [4.69, 9.17) is 9.47 Å². The number of ether oxygens (including phenoxy) is 2. The first-order chi connectivity index (χ1) is 12.2. The Kier molecular flexibility index (Phi) is 6.91. The highest BCUT2D eigenvalue weighted by Crippen LogP contribution is 2.31. The Bertz CT molecular complexity index is 647. The molecule has 1 aliphatic heterocycles. The van der Waals surface area contributed by atoms with Gasteiger partial charge in [0.05, 0.1) is 18.8 Å². The first-order valence-electron chi connectivity index (χ1n) is 8.15. The van der Waals surface area contributed by atoms with Gasteiger partial charge in [0.25, 0.3) is 11.8 Å². The number of hydrogen-bond donors (Lipinski definition) is 0. The Morgan fingerprint density at radius 3 is 2.16 bits per heavy atom. The van der Waals surface area contributed by atoms with E-state index < -0.39 is 0 Å². The van der Waals surface area contributed by atoms with Crippen molar-refractivity contribution < 1.29 is 19.1 Å². The van der Waals surface area contributed by atoms with Crippen LogP contribution in [-0.2, 0) is 19.1 Å². The van der Waals surface area contributed by atoms with Crippen LogP contribution < -0.4 is 0 Å². The number of nitrogens with zero attached hydrogens (tertiary/aromatic N) is 2. The van der Waals surface area contributed by atoms with Gasteiger partial charge in [-0.15, -0.1) is 6.58 Å². The molecule has 134 valence electrons. The summed E-state index contributed by atoms with van der Waals surface area (Å²) >= 11 is 0. The molecule has 0 saturated carbocycles. The molecular formula is C19H24N2O4. The summed E-state index contributed by atoms with van der Waals surface area (Å²) in [7, 11) is 3.21. The third kappa shape index (κ3) is 4.15. The lowest BCUT2D eigenvalue weighted by Crippen LogP contribution is -2.37. The summed E-state index contributed by atoms with van der Waals surface area (Å²) in [6, 6.07) is 9.25. The molecule has 2 amide bonds. The molecule has 0 bridgehead atoms. The molecular weight excluding hydrogens is 320 g/mol. The molecule has 1 aromatic carbocycles. The van der Waals surface area contributed by atoms with Crippen LogP contribution in [0.25, 0.3) is 5.57 Å². The molecule has 0 saturated heterocycles. The molecule has 0 radical (unpaired) electrons. The Balaban J connectivity index is 2.50. The largest absolute Gasteiger partial charge is 0.383 e. The van der Waals surface area contributed by atoms with Gasteiger partial charge in [0.15, 0.2) is 0 Å². The van der Waals surface area contributed by atoms with Crippen molar-refractivity contribution in [1.82, 2.24) is 9.80 Å². The van der Waals surface area contributed by atoms with Crippen LogP contribution in [0.4, 0.5) is 0 Å². The lowest BCUT2D eigenvalue weighted by atomic mass is 10.0. The zero-order valence-corrected chi connectivity index (χ0v) is 14.7. The van der Waals surface area contributed by atoms with Crippen LogP contribution in [-0.4, -0.2) is 68.7 Å². The minimum absolute atomic E-state index is 0.180. The van der Waals surface area contributed by atoms with Crippen LogP contribution >= 0.6 is 0 Å². The van der Waals surface area contributed by atoms with Gasteiger partial charge in [-0.1, -0.05) is 36.4 Å². The highest BCUT2D eigenvalue weighted by Gasteiger charge is 2.40. The Labute approximate surface area is 148 Å². The van der Waals surface area contributed by atoms with Crippen molar-refractivity contribution in [2.24, 2.45) is 0 Å². The van der Waals surface area contributed by atoms with Crippen molar-refractivity contribution in [2.45, 2.75) is 0 Å². The molecule has 0 aromatic heterocycles. The third-order valence-electron chi connectivity index (χ3n) is 3.96. The molecule has 0 N–H and O–H groups in total. The second kappa shape index (κ2) is 9.15. The fourth-order valence-electron chi connectivity index (χ4n) is 2.75. The molecule has 1 aliphatic rings. The van der Waals surface area contributed by atoms with Crippen LogP contribution in [0.5, 0.6) is 0 Å². The molecule has 2 rings (SSSR count). The standard InChI is InChI=1S/C19H24N2O4/c1-4-10-21-18(22)16(15-8-6-5-7-9-15)17(19(21)23)20(11-13-24-2)12-14-25-3/h4-9H,1,10-14H2,2-3H3. The molecule has 6 heteroatoms. The second-order valence-corrected chi connectivity index (χ2v) is 5.57. The number of hydrogen-bond acceptors (Lipinski definition) is 5. The van der Waals surface area contributed by atoms with Crippen LogP contribution in [0.3, 0.4) is 0 Å². The van der Waals surface area contributed by atoms with Crippen molar-refractivity contribution in [3.05, 3.63) is 54.2 Å². The van der Waals surface area contributed by atoms with Crippen molar-refractivity contribution in [1.29, 1.82) is 0 Å². The number of methoxy groups -OCH3 is 2. The predicted molar refractivity (Wildman–Crippen MR) is 95.6 cm³/mol. The number of amides is 2. The van der Waals surface area contributed by atoms with Crippen molar-refractivity contribution in [3.63, 3.8) is 0 Å². The quantitative estimate of drug-likeness (QED) is 0.476. The number of benzene rings is 1. The van der Waals surface area contributed by atoms with Gasteiger partial charge >= 0.3 is 0 Å². The summed E-state index contributed by atoms with van der Waals surface area (Å²) in [5.41, 5.74) is 1.54. The Morgan fingerprint density at radius 1 is 1.04 bits per heavy atom. The van der Waals surface area contributed by atoms with Crippen LogP contribution in [0.1, 0.15) is 5.56 Å². The molecule has 1 aromatic rings. The number of imide groups is 1.